The molecule has 3 aromatic rings. The zero-order valence-corrected chi connectivity index (χ0v) is 18.7. The highest BCUT2D eigenvalue weighted by atomic mass is 32.2. The number of nitrogens with zero attached hydrogens (tertiary/aromatic N) is 3. The molecule has 3 rings (SSSR count). The number of hydrogen-bond donors (Lipinski definition) is 1. The molecule has 158 valence electrons. The molecule has 0 saturated heterocycles. The summed E-state index contributed by atoms with van der Waals surface area (Å²) < 4.78 is 7.88. The Morgan fingerprint density at radius 3 is 2.23 bits per heavy atom. The molecule has 0 aliphatic carbocycles. The van der Waals surface area contributed by atoms with Gasteiger partial charge in [-0.3, -0.25) is 4.79 Å². The maximum Gasteiger partial charge on any atom is 0.234 e. The summed E-state index contributed by atoms with van der Waals surface area (Å²) in [7, 11) is 1.89. The molecule has 0 aliphatic heterocycles. The number of carbonyl (C=O) groups is 1. The van der Waals surface area contributed by atoms with Crippen LogP contribution in [0.3, 0.4) is 0 Å². The molecule has 0 unspecified atom stereocenters. The van der Waals surface area contributed by atoms with Gasteiger partial charge in [0.05, 0.1) is 5.75 Å². The van der Waals surface area contributed by atoms with Crippen LogP contribution in [0.25, 0.3) is 0 Å². The van der Waals surface area contributed by atoms with Crippen LogP contribution in [0.4, 0.5) is 5.69 Å². The number of benzene rings is 2. The van der Waals surface area contributed by atoms with Gasteiger partial charge in [0, 0.05) is 12.7 Å². The van der Waals surface area contributed by atoms with Crippen LogP contribution < -0.4 is 10.1 Å². The lowest BCUT2D eigenvalue weighted by molar-refractivity contribution is -0.113. The van der Waals surface area contributed by atoms with Crippen LogP contribution in [0.1, 0.15) is 43.8 Å². The molecule has 30 heavy (non-hydrogen) atoms. The topological polar surface area (TPSA) is 69.0 Å². The first-order valence-corrected chi connectivity index (χ1v) is 11.1. The van der Waals surface area contributed by atoms with E-state index in [1.807, 2.05) is 54.9 Å². The Morgan fingerprint density at radius 2 is 1.63 bits per heavy atom. The molecular formula is C23H28N4O2S. The van der Waals surface area contributed by atoms with Crippen molar-refractivity contribution < 1.29 is 9.53 Å². The molecule has 0 aliphatic rings. The second kappa shape index (κ2) is 10.3. The van der Waals surface area contributed by atoms with Crippen LogP contribution in [0.2, 0.25) is 0 Å². The minimum absolute atomic E-state index is 0.0749. The maximum absolute atomic E-state index is 12.3. The van der Waals surface area contributed by atoms with E-state index in [9.17, 15) is 4.79 Å². The van der Waals surface area contributed by atoms with Crippen molar-refractivity contribution in [3.05, 3.63) is 65.5 Å². The third-order valence-electron chi connectivity index (χ3n) is 4.85. The summed E-state index contributed by atoms with van der Waals surface area (Å²) in [5, 5.41) is 12.1. The molecule has 0 radical (unpaired) electrons. The van der Waals surface area contributed by atoms with Crippen molar-refractivity contribution in [3.8, 4) is 5.75 Å². The van der Waals surface area contributed by atoms with Gasteiger partial charge in [0.2, 0.25) is 5.91 Å². The van der Waals surface area contributed by atoms with E-state index in [0.717, 1.165) is 24.3 Å². The Morgan fingerprint density at radius 1 is 1.03 bits per heavy atom. The van der Waals surface area contributed by atoms with Crippen molar-refractivity contribution in [1.82, 2.24) is 14.8 Å². The van der Waals surface area contributed by atoms with Gasteiger partial charge < -0.3 is 14.6 Å². The fourth-order valence-corrected chi connectivity index (χ4v) is 3.74. The number of thioether (sulfide) groups is 1. The van der Waals surface area contributed by atoms with Crippen LogP contribution in [0, 0.1) is 0 Å². The van der Waals surface area contributed by atoms with Gasteiger partial charge >= 0.3 is 0 Å². The second-order valence-corrected chi connectivity index (χ2v) is 7.99. The highest BCUT2D eigenvalue weighted by Crippen LogP contribution is 2.24. The first-order valence-electron chi connectivity index (χ1n) is 10.2. The van der Waals surface area contributed by atoms with E-state index in [1.54, 1.807) is 0 Å². The van der Waals surface area contributed by atoms with Crippen molar-refractivity contribution in [2.75, 3.05) is 11.1 Å². The molecule has 0 saturated carbocycles. The van der Waals surface area contributed by atoms with Crippen molar-refractivity contribution in [3.63, 3.8) is 0 Å². The van der Waals surface area contributed by atoms with Crippen LogP contribution in [-0.2, 0) is 24.7 Å². The van der Waals surface area contributed by atoms with Crippen LogP contribution >= 0.6 is 11.8 Å². The molecule has 1 heterocycles. The van der Waals surface area contributed by atoms with Crippen molar-refractivity contribution >= 4 is 23.4 Å². The van der Waals surface area contributed by atoms with Gasteiger partial charge in [-0.15, -0.1) is 10.2 Å². The Kier molecular flexibility index (Phi) is 7.52. The van der Waals surface area contributed by atoms with E-state index in [4.69, 9.17) is 4.74 Å². The van der Waals surface area contributed by atoms with Crippen molar-refractivity contribution in [1.29, 1.82) is 0 Å². The monoisotopic (exact) mass is 424 g/mol. The normalized spacial score (nSPS) is 11.9. The van der Waals surface area contributed by atoms with Crippen LogP contribution in [-0.4, -0.2) is 26.4 Å². The molecule has 2 aromatic carbocycles. The number of aromatic nitrogens is 3. The zero-order chi connectivity index (χ0) is 21.5. The number of carbonyl (C=O) groups excluding carboxylic acids is 1. The first-order chi connectivity index (χ1) is 14.5. The quantitative estimate of drug-likeness (QED) is 0.499. The fourth-order valence-electron chi connectivity index (χ4n) is 3.02. The van der Waals surface area contributed by atoms with Gasteiger partial charge in [0.1, 0.15) is 5.75 Å². The predicted octanol–water partition coefficient (Wildman–Crippen LogP) is 4.81. The Balaban J connectivity index is 1.55. The lowest BCUT2D eigenvalue weighted by Gasteiger charge is -2.14. The lowest BCUT2D eigenvalue weighted by atomic mass is 10.1. The average molecular weight is 425 g/mol. The summed E-state index contributed by atoms with van der Waals surface area (Å²) in [6, 6.07) is 16.0. The number of hydrogen-bond acceptors (Lipinski definition) is 5. The summed E-state index contributed by atoms with van der Waals surface area (Å²) >= 11 is 1.35. The van der Waals surface area contributed by atoms with E-state index in [1.165, 1.54) is 22.9 Å². The van der Waals surface area contributed by atoms with Crippen molar-refractivity contribution in [2.24, 2.45) is 7.05 Å². The van der Waals surface area contributed by atoms with Crippen LogP contribution in [0.5, 0.6) is 5.75 Å². The molecule has 1 aromatic heterocycles. The van der Waals surface area contributed by atoms with Gasteiger partial charge in [0.25, 0.3) is 0 Å². The van der Waals surface area contributed by atoms with E-state index in [2.05, 4.69) is 41.5 Å². The van der Waals surface area contributed by atoms with Crippen LogP contribution in [0.15, 0.2) is 53.7 Å². The van der Waals surface area contributed by atoms with E-state index < -0.39 is 0 Å². The molecular weight excluding hydrogens is 396 g/mol. The van der Waals surface area contributed by atoms with E-state index >= 15 is 0 Å². The molecule has 1 amide bonds. The number of aryl methyl sites for hydroxylation is 2. The molecule has 7 heteroatoms. The number of anilines is 1. The molecule has 1 N–H and O–H groups in total. The fraction of sp³-hybridized carbons (Fsp3) is 0.348. The second-order valence-electron chi connectivity index (χ2n) is 7.04. The summed E-state index contributed by atoms with van der Waals surface area (Å²) in [6.45, 7) is 6.17. The summed E-state index contributed by atoms with van der Waals surface area (Å²) in [5.41, 5.74) is 3.31. The van der Waals surface area contributed by atoms with E-state index in [0.29, 0.717) is 11.0 Å². The summed E-state index contributed by atoms with van der Waals surface area (Å²) in [6.07, 6.45) is 1.72. The highest BCUT2D eigenvalue weighted by Gasteiger charge is 2.18. The molecule has 0 fully saturated rings. The minimum atomic E-state index is -0.254. The van der Waals surface area contributed by atoms with Gasteiger partial charge in [0.15, 0.2) is 17.1 Å². The smallest absolute Gasteiger partial charge is 0.234 e. The number of rotatable bonds is 9. The first kappa shape index (κ1) is 21.9. The highest BCUT2D eigenvalue weighted by molar-refractivity contribution is 7.99. The SMILES string of the molecule is CCc1ccc(NC(=O)CSc2nnc([C@@H](C)Oc3ccc(CC)cc3)n2C)cc1. The molecule has 1 atom stereocenters. The Hall–Kier alpha value is -2.80. The Labute approximate surface area is 182 Å². The zero-order valence-electron chi connectivity index (χ0n) is 17.9. The predicted molar refractivity (Wildman–Crippen MR) is 121 cm³/mol. The largest absolute Gasteiger partial charge is 0.483 e. The average Bonchev–Trinajstić information content (AvgIpc) is 3.14. The number of nitrogens with one attached hydrogen (secondary N) is 1. The third-order valence-corrected chi connectivity index (χ3v) is 5.88. The van der Waals surface area contributed by atoms with Gasteiger partial charge in [-0.05, 0) is 55.2 Å². The summed E-state index contributed by atoms with van der Waals surface area (Å²) in [5.74, 6) is 1.70. The molecule has 0 spiro atoms. The minimum Gasteiger partial charge on any atom is -0.483 e. The van der Waals surface area contributed by atoms with Gasteiger partial charge in [-0.1, -0.05) is 49.9 Å². The molecule has 6 nitrogen and oxygen atoms in total. The lowest BCUT2D eigenvalue weighted by Crippen LogP contribution is -2.15. The Bertz CT molecular complexity index is 968. The maximum atomic E-state index is 12.3. The summed E-state index contributed by atoms with van der Waals surface area (Å²) in [4.78, 5) is 12.3. The third kappa shape index (κ3) is 5.63. The van der Waals surface area contributed by atoms with Gasteiger partial charge in [-0.2, -0.15) is 0 Å². The molecule has 0 bridgehead atoms. The van der Waals surface area contributed by atoms with E-state index in [-0.39, 0.29) is 17.8 Å². The number of ether oxygens (including phenoxy) is 1. The van der Waals surface area contributed by atoms with Gasteiger partial charge in [-0.25, -0.2) is 0 Å². The van der Waals surface area contributed by atoms with Crippen molar-refractivity contribution in [2.45, 2.75) is 44.9 Å². The standard InChI is InChI=1S/C23H28N4O2S/c1-5-17-7-11-19(12-8-17)24-21(28)15-30-23-26-25-22(27(23)4)16(3)29-20-13-9-18(6-2)10-14-20/h7-14,16H,5-6,15H2,1-4H3,(H,24,28)/t16-/m1/s1. The number of amides is 1.